The van der Waals surface area contributed by atoms with Crippen molar-refractivity contribution < 1.29 is 8.42 Å². The summed E-state index contributed by atoms with van der Waals surface area (Å²) in [5.74, 6) is 0. The molecule has 0 amide bonds. The third-order valence-electron chi connectivity index (χ3n) is 4.55. The predicted octanol–water partition coefficient (Wildman–Crippen LogP) is 3.76. The van der Waals surface area contributed by atoms with E-state index in [1.54, 1.807) is 12.1 Å². The fourth-order valence-electron chi connectivity index (χ4n) is 3.44. The maximum absolute atomic E-state index is 11.7. The Labute approximate surface area is 148 Å². The maximum Gasteiger partial charge on any atom is 0.229 e. The lowest BCUT2D eigenvalue weighted by Crippen LogP contribution is -2.31. The van der Waals surface area contributed by atoms with E-state index in [1.165, 1.54) is 0 Å². The minimum Gasteiger partial charge on any atom is -0.378 e. The zero-order valence-corrected chi connectivity index (χ0v) is 15.3. The first-order valence-electron chi connectivity index (χ1n) is 8.07. The van der Waals surface area contributed by atoms with Gasteiger partial charge in [0.25, 0.3) is 0 Å². The van der Waals surface area contributed by atoms with Crippen LogP contribution in [0.4, 0.5) is 11.4 Å². The van der Waals surface area contributed by atoms with Crippen molar-refractivity contribution in [2.24, 2.45) is 0 Å². The molecule has 0 saturated heterocycles. The van der Waals surface area contributed by atoms with Gasteiger partial charge in [-0.25, -0.2) is 8.42 Å². The summed E-state index contributed by atoms with van der Waals surface area (Å²) in [6, 6.07) is 15.3. The zero-order valence-electron chi connectivity index (χ0n) is 14.5. The average molecular weight is 355 g/mol. The number of nitriles is 1. The highest BCUT2D eigenvalue weighted by molar-refractivity contribution is 7.92. The van der Waals surface area contributed by atoms with Crippen molar-refractivity contribution in [2.45, 2.75) is 31.7 Å². The van der Waals surface area contributed by atoms with Crippen LogP contribution in [0.5, 0.6) is 0 Å². The van der Waals surface area contributed by atoms with Crippen LogP contribution in [0.15, 0.2) is 42.5 Å². The highest BCUT2D eigenvalue weighted by Gasteiger charge is 2.34. The van der Waals surface area contributed by atoms with Gasteiger partial charge in [-0.15, -0.1) is 0 Å². The third-order valence-corrected chi connectivity index (χ3v) is 5.14. The molecular weight excluding hydrogens is 334 g/mol. The lowest BCUT2D eigenvalue weighted by atomic mass is 9.73. The summed E-state index contributed by atoms with van der Waals surface area (Å²) in [6.45, 7) is 4.29. The molecule has 25 heavy (non-hydrogen) atoms. The molecule has 1 atom stereocenters. The summed E-state index contributed by atoms with van der Waals surface area (Å²) in [5.41, 5.74) is 4.10. The van der Waals surface area contributed by atoms with Crippen molar-refractivity contribution in [3.63, 3.8) is 0 Å². The monoisotopic (exact) mass is 355 g/mol. The van der Waals surface area contributed by atoms with Gasteiger partial charge in [0, 0.05) is 5.69 Å². The van der Waals surface area contributed by atoms with Gasteiger partial charge in [0.05, 0.1) is 29.6 Å². The van der Waals surface area contributed by atoms with Gasteiger partial charge in [-0.3, -0.25) is 4.72 Å². The SMILES string of the molecule is CC1(C)CC(c2ccccc2NS(C)(=O)=O)Nc2ccc(C#N)cc21. The molecule has 1 heterocycles. The molecule has 1 unspecified atom stereocenters. The Morgan fingerprint density at radius 3 is 2.64 bits per heavy atom. The molecule has 0 spiro atoms. The van der Waals surface area contributed by atoms with E-state index in [4.69, 9.17) is 5.26 Å². The molecule has 3 rings (SSSR count). The lowest BCUT2D eigenvalue weighted by Gasteiger charge is -2.39. The molecule has 130 valence electrons. The number of rotatable bonds is 3. The van der Waals surface area contributed by atoms with E-state index in [-0.39, 0.29) is 11.5 Å². The molecular formula is C19H21N3O2S. The molecule has 0 aromatic heterocycles. The molecule has 0 radical (unpaired) electrons. The minimum absolute atomic E-state index is 0.0270. The second kappa shape index (κ2) is 6.08. The largest absolute Gasteiger partial charge is 0.378 e. The summed E-state index contributed by atoms with van der Waals surface area (Å²) in [4.78, 5) is 0. The number of nitrogens with zero attached hydrogens (tertiary/aromatic N) is 1. The van der Waals surface area contributed by atoms with E-state index < -0.39 is 10.0 Å². The van der Waals surface area contributed by atoms with Crippen LogP contribution in [-0.4, -0.2) is 14.7 Å². The van der Waals surface area contributed by atoms with Gasteiger partial charge in [0.1, 0.15) is 0 Å². The smallest absolute Gasteiger partial charge is 0.229 e. The van der Waals surface area contributed by atoms with E-state index in [0.717, 1.165) is 29.5 Å². The van der Waals surface area contributed by atoms with Crippen molar-refractivity contribution in [3.05, 3.63) is 59.2 Å². The Bertz CT molecular complexity index is 959. The highest BCUT2D eigenvalue weighted by Crippen LogP contribution is 2.45. The number of fused-ring (bicyclic) bond motifs is 1. The molecule has 1 aliphatic heterocycles. The van der Waals surface area contributed by atoms with Crippen molar-refractivity contribution in [1.82, 2.24) is 0 Å². The van der Waals surface area contributed by atoms with Crippen molar-refractivity contribution in [3.8, 4) is 6.07 Å². The molecule has 6 heteroatoms. The number of nitrogens with one attached hydrogen (secondary N) is 2. The number of hydrogen-bond acceptors (Lipinski definition) is 4. The van der Waals surface area contributed by atoms with E-state index in [0.29, 0.717) is 11.3 Å². The van der Waals surface area contributed by atoms with Gasteiger partial charge in [-0.05, 0) is 47.2 Å². The van der Waals surface area contributed by atoms with Crippen LogP contribution in [-0.2, 0) is 15.4 Å². The normalized spacial score (nSPS) is 18.6. The number of para-hydroxylation sites is 1. The fraction of sp³-hybridized carbons (Fsp3) is 0.316. The first-order valence-corrected chi connectivity index (χ1v) is 9.97. The highest BCUT2D eigenvalue weighted by atomic mass is 32.2. The Balaban J connectivity index is 2.03. The number of hydrogen-bond donors (Lipinski definition) is 2. The summed E-state index contributed by atoms with van der Waals surface area (Å²) in [7, 11) is -3.35. The third kappa shape index (κ3) is 3.62. The standard InChI is InChI=1S/C19H21N3O2S/c1-19(2)11-18(21-17-9-8-13(12-20)10-15(17)19)14-6-4-5-7-16(14)22-25(3,23)24/h4-10,18,21-22H,11H2,1-3H3. The number of sulfonamides is 1. The van der Waals surface area contributed by atoms with Gasteiger partial charge >= 0.3 is 0 Å². The number of anilines is 2. The van der Waals surface area contributed by atoms with Crippen LogP contribution in [0, 0.1) is 11.3 Å². The molecule has 5 nitrogen and oxygen atoms in total. The van der Waals surface area contributed by atoms with Gasteiger partial charge in [-0.2, -0.15) is 5.26 Å². The molecule has 2 aromatic rings. The van der Waals surface area contributed by atoms with Gasteiger partial charge in [0.15, 0.2) is 0 Å². The molecule has 0 aliphatic carbocycles. The summed E-state index contributed by atoms with van der Waals surface area (Å²) in [5, 5.41) is 12.7. The van der Waals surface area contributed by atoms with Crippen LogP contribution >= 0.6 is 0 Å². The first kappa shape index (κ1) is 17.3. The summed E-state index contributed by atoms with van der Waals surface area (Å²) in [6.07, 6.45) is 1.94. The molecule has 2 aromatic carbocycles. The number of benzene rings is 2. The van der Waals surface area contributed by atoms with Crippen molar-refractivity contribution >= 4 is 21.4 Å². The Kier molecular flexibility index (Phi) is 4.21. The molecule has 0 fully saturated rings. The molecule has 2 N–H and O–H groups in total. The van der Waals surface area contributed by atoms with Gasteiger partial charge < -0.3 is 5.32 Å². The topological polar surface area (TPSA) is 82.0 Å². The maximum atomic E-state index is 11.7. The Hall–Kier alpha value is -2.52. The minimum atomic E-state index is -3.35. The molecule has 0 bridgehead atoms. The summed E-state index contributed by atoms with van der Waals surface area (Å²) < 4.78 is 25.9. The van der Waals surface area contributed by atoms with E-state index >= 15 is 0 Å². The van der Waals surface area contributed by atoms with Gasteiger partial charge in [0.2, 0.25) is 10.0 Å². The van der Waals surface area contributed by atoms with E-state index in [9.17, 15) is 8.42 Å². The van der Waals surface area contributed by atoms with Crippen molar-refractivity contribution in [1.29, 1.82) is 5.26 Å². The van der Waals surface area contributed by atoms with Crippen molar-refractivity contribution in [2.75, 3.05) is 16.3 Å². The zero-order chi connectivity index (χ0) is 18.2. The van der Waals surface area contributed by atoms with Crippen LogP contribution in [0.25, 0.3) is 0 Å². The predicted molar refractivity (Wildman–Crippen MR) is 100 cm³/mol. The average Bonchev–Trinajstić information content (AvgIpc) is 2.53. The van der Waals surface area contributed by atoms with Crippen LogP contribution in [0.3, 0.4) is 0 Å². The molecule has 1 aliphatic rings. The van der Waals surface area contributed by atoms with Crippen LogP contribution in [0.2, 0.25) is 0 Å². The Morgan fingerprint density at radius 2 is 1.96 bits per heavy atom. The van der Waals surface area contributed by atoms with Crippen LogP contribution < -0.4 is 10.0 Å². The quantitative estimate of drug-likeness (QED) is 0.878. The molecule has 0 saturated carbocycles. The first-order chi connectivity index (χ1) is 11.7. The lowest BCUT2D eigenvalue weighted by molar-refractivity contribution is 0.428. The Morgan fingerprint density at radius 1 is 1.24 bits per heavy atom. The van der Waals surface area contributed by atoms with Gasteiger partial charge in [-0.1, -0.05) is 32.0 Å². The second-order valence-corrected chi connectivity index (χ2v) is 8.87. The van der Waals surface area contributed by atoms with Crippen LogP contribution in [0.1, 0.15) is 43.0 Å². The van der Waals surface area contributed by atoms with E-state index in [1.807, 2.05) is 30.3 Å². The van der Waals surface area contributed by atoms with E-state index in [2.05, 4.69) is 30.0 Å². The second-order valence-electron chi connectivity index (χ2n) is 7.12. The fourth-order valence-corrected chi connectivity index (χ4v) is 4.03. The summed E-state index contributed by atoms with van der Waals surface area (Å²) >= 11 is 0.